The van der Waals surface area contributed by atoms with Crippen LogP contribution in [0.15, 0.2) is 72.9 Å². The van der Waals surface area contributed by atoms with Crippen molar-refractivity contribution in [1.29, 1.82) is 0 Å². The summed E-state index contributed by atoms with van der Waals surface area (Å²) in [5.41, 5.74) is 5.86. The van der Waals surface area contributed by atoms with Crippen molar-refractivity contribution in [1.82, 2.24) is 15.3 Å². The number of aromatic amines is 1. The predicted molar refractivity (Wildman–Crippen MR) is 150 cm³/mol. The largest absolute Gasteiger partial charge is 0.394 e. The normalized spacial score (nSPS) is 12.2. The SMILES string of the molecule is Cc1cc(-c2cc(C(=O)N[C@@H](CO)Cc3c[nH]c4ccccc34)c3cc(I)ccc3n2)ccc1Cl. The van der Waals surface area contributed by atoms with Gasteiger partial charge in [0.05, 0.1) is 29.4 Å². The van der Waals surface area contributed by atoms with E-state index in [9.17, 15) is 9.90 Å². The van der Waals surface area contributed by atoms with Crippen LogP contribution >= 0.6 is 34.2 Å². The van der Waals surface area contributed by atoms with Gasteiger partial charge < -0.3 is 15.4 Å². The number of H-pyrrole nitrogens is 1. The van der Waals surface area contributed by atoms with E-state index >= 15 is 0 Å². The van der Waals surface area contributed by atoms with Gasteiger partial charge in [0.1, 0.15) is 0 Å². The summed E-state index contributed by atoms with van der Waals surface area (Å²) in [5.74, 6) is -0.245. The van der Waals surface area contributed by atoms with Gasteiger partial charge in [0.15, 0.2) is 0 Å². The lowest BCUT2D eigenvalue weighted by molar-refractivity contribution is 0.0918. The molecule has 0 fully saturated rings. The Morgan fingerprint density at radius 2 is 1.94 bits per heavy atom. The van der Waals surface area contributed by atoms with Gasteiger partial charge >= 0.3 is 0 Å². The van der Waals surface area contributed by atoms with Crippen LogP contribution < -0.4 is 5.32 Å². The first-order valence-electron chi connectivity index (χ1n) is 11.3. The van der Waals surface area contributed by atoms with Gasteiger partial charge in [-0.3, -0.25) is 4.79 Å². The quantitative estimate of drug-likeness (QED) is 0.202. The van der Waals surface area contributed by atoms with Crippen molar-refractivity contribution in [2.24, 2.45) is 0 Å². The highest BCUT2D eigenvalue weighted by atomic mass is 127. The monoisotopic (exact) mass is 595 g/mol. The standard InChI is InChI=1S/C28H23ClIN3O2/c1-16-10-17(6-8-24(16)29)27-13-23(22-12-19(30)7-9-26(22)33-27)28(35)32-20(15-34)11-18-14-31-25-5-3-2-4-21(18)25/h2-10,12-14,20,31,34H,11,15H2,1H3,(H,32,35)/t20-/m1/s1. The van der Waals surface area contributed by atoms with Crippen LogP contribution in [0, 0.1) is 10.5 Å². The number of pyridine rings is 1. The average Bonchev–Trinajstić information content (AvgIpc) is 3.27. The first kappa shape index (κ1) is 23.8. The fourth-order valence-electron chi connectivity index (χ4n) is 4.33. The average molecular weight is 596 g/mol. The maximum atomic E-state index is 13.6. The van der Waals surface area contributed by atoms with Gasteiger partial charge in [-0.2, -0.15) is 0 Å². The first-order chi connectivity index (χ1) is 16.9. The maximum absolute atomic E-state index is 13.6. The maximum Gasteiger partial charge on any atom is 0.252 e. The molecule has 0 saturated heterocycles. The van der Waals surface area contributed by atoms with Crippen molar-refractivity contribution < 1.29 is 9.90 Å². The molecule has 1 amide bonds. The first-order valence-corrected chi connectivity index (χ1v) is 12.7. The number of nitrogens with one attached hydrogen (secondary N) is 2. The summed E-state index contributed by atoms with van der Waals surface area (Å²) in [5, 5.41) is 15.7. The van der Waals surface area contributed by atoms with Gasteiger partial charge in [0.2, 0.25) is 0 Å². The van der Waals surface area contributed by atoms with E-state index in [-0.39, 0.29) is 12.5 Å². The molecule has 35 heavy (non-hydrogen) atoms. The molecule has 5 aromatic rings. The molecule has 2 heterocycles. The Balaban J connectivity index is 1.50. The van der Waals surface area contributed by atoms with E-state index in [1.165, 1.54) is 0 Å². The fourth-order valence-corrected chi connectivity index (χ4v) is 4.94. The minimum Gasteiger partial charge on any atom is -0.394 e. The van der Waals surface area contributed by atoms with E-state index in [0.29, 0.717) is 22.7 Å². The number of aromatic nitrogens is 2. The summed E-state index contributed by atoms with van der Waals surface area (Å²) in [7, 11) is 0. The highest BCUT2D eigenvalue weighted by Crippen LogP contribution is 2.29. The molecule has 0 aliphatic rings. The number of aliphatic hydroxyl groups is 1. The van der Waals surface area contributed by atoms with E-state index in [1.807, 2.05) is 79.9 Å². The Morgan fingerprint density at radius 1 is 1.11 bits per heavy atom. The Morgan fingerprint density at radius 3 is 2.74 bits per heavy atom. The highest BCUT2D eigenvalue weighted by molar-refractivity contribution is 14.1. The number of hydrogen-bond acceptors (Lipinski definition) is 3. The lowest BCUT2D eigenvalue weighted by Gasteiger charge is -2.18. The summed E-state index contributed by atoms with van der Waals surface area (Å²) >= 11 is 8.45. The number of carbonyl (C=O) groups is 1. The molecule has 0 unspecified atom stereocenters. The van der Waals surface area contributed by atoms with E-state index in [4.69, 9.17) is 16.6 Å². The van der Waals surface area contributed by atoms with E-state index in [0.717, 1.165) is 42.1 Å². The van der Waals surface area contributed by atoms with Crippen molar-refractivity contribution in [3.05, 3.63) is 98.2 Å². The second kappa shape index (κ2) is 9.97. The molecular formula is C28H23ClIN3O2. The van der Waals surface area contributed by atoms with Crippen molar-refractivity contribution >= 4 is 61.9 Å². The Bertz CT molecular complexity index is 1560. The third-order valence-corrected chi connectivity index (χ3v) is 7.26. The molecule has 3 N–H and O–H groups in total. The number of nitrogens with zero attached hydrogens (tertiary/aromatic N) is 1. The molecule has 1 atom stereocenters. The van der Waals surface area contributed by atoms with Crippen LogP contribution in [-0.2, 0) is 6.42 Å². The molecule has 5 nitrogen and oxygen atoms in total. The van der Waals surface area contributed by atoms with Gasteiger partial charge in [-0.1, -0.05) is 35.9 Å². The lowest BCUT2D eigenvalue weighted by Crippen LogP contribution is -2.39. The molecule has 2 aromatic heterocycles. The molecule has 176 valence electrons. The number of aryl methyl sites for hydroxylation is 1. The summed E-state index contributed by atoms with van der Waals surface area (Å²) in [6.07, 6.45) is 2.45. The minimum absolute atomic E-state index is 0.172. The van der Waals surface area contributed by atoms with Crippen LogP contribution in [0.4, 0.5) is 0 Å². The van der Waals surface area contributed by atoms with Gasteiger partial charge in [0.25, 0.3) is 5.91 Å². The number of benzene rings is 3. The number of rotatable bonds is 6. The van der Waals surface area contributed by atoms with Crippen LogP contribution in [-0.4, -0.2) is 33.6 Å². The number of para-hydroxylation sites is 1. The van der Waals surface area contributed by atoms with Crippen LogP contribution in [0.5, 0.6) is 0 Å². The van der Waals surface area contributed by atoms with Crippen LogP contribution in [0.25, 0.3) is 33.1 Å². The number of halogens is 2. The molecule has 0 saturated carbocycles. The van der Waals surface area contributed by atoms with Crippen LogP contribution in [0.1, 0.15) is 21.5 Å². The molecule has 7 heteroatoms. The van der Waals surface area contributed by atoms with Crippen molar-refractivity contribution in [2.45, 2.75) is 19.4 Å². The van der Waals surface area contributed by atoms with Gasteiger partial charge in [-0.25, -0.2) is 4.98 Å². The fraction of sp³-hybridized carbons (Fsp3) is 0.143. The summed E-state index contributed by atoms with van der Waals surface area (Å²) in [6, 6.07) is 21.0. The zero-order valence-corrected chi connectivity index (χ0v) is 21.9. The molecule has 0 aliphatic carbocycles. The molecule has 3 aromatic carbocycles. The molecule has 0 radical (unpaired) electrons. The number of amides is 1. The van der Waals surface area contributed by atoms with Gasteiger partial charge in [0, 0.05) is 36.6 Å². The summed E-state index contributed by atoms with van der Waals surface area (Å²) in [6.45, 7) is 1.77. The third-order valence-electron chi connectivity index (χ3n) is 6.17. The summed E-state index contributed by atoms with van der Waals surface area (Å²) in [4.78, 5) is 21.6. The van der Waals surface area contributed by atoms with Crippen molar-refractivity contribution in [3.8, 4) is 11.3 Å². The number of aliphatic hydroxyl groups excluding tert-OH is 1. The lowest BCUT2D eigenvalue weighted by atomic mass is 10.0. The second-order valence-electron chi connectivity index (χ2n) is 8.60. The molecule has 0 aliphatic heterocycles. The topological polar surface area (TPSA) is 78.0 Å². The highest BCUT2D eigenvalue weighted by Gasteiger charge is 2.19. The van der Waals surface area contributed by atoms with E-state index in [2.05, 4.69) is 32.9 Å². The van der Waals surface area contributed by atoms with Gasteiger partial charge in [-0.05, 0) is 89.5 Å². The zero-order valence-electron chi connectivity index (χ0n) is 19.0. The van der Waals surface area contributed by atoms with E-state index < -0.39 is 6.04 Å². The predicted octanol–water partition coefficient (Wildman–Crippen LogP) is 6.28. The summed E-state index contributed by atoms with van der Waals surface area (Å²) < 4.78 is 1.01. The van der Waals surface area contributed by atoms with Crippen LogP contribution in [0.2, 0.25) is 5.02 Å². The number of hydrogen-bond donors (Lipinski definition) is 3. The van der Waals surface area contributed by atoms with Gasteiger partial charge in [-0.15, -0.1) is 0 Å². The smallest absolute Gasteiger partial charge is 0.252 e. The Labute approximate surface area is 221 Å². The molecular weight excluding hydrogens is 573 g/mol. The van der Waals surface area contributed by atoms with Crippen molar-refractivity contribution in [2.75, 3.05) is 6.61 Å². The van der Waals surface area contributed by atoms with Crippen LogP contribution in [0.3, 0.4) is 0 Å². The number of carbonyl (C=O) groups excluding carboxylic acids is 1. The zero-order chi connectivity index (χ0) is 24.5. The Kier molecular flexibility index (Phi) is 6.77. The molecule has 5 rings (SSSR count). The molecule has 0 spiro atoms. The Hall–Kier alpha value is -2.94. The second-order valence-corrected chi connectivity index (χ2v) is 10.2. The van der Waals surface area contributed by atoms with Crippen molar-refractivity contribution in [3.63, 3.8) is 0 Å². The third kappa shape index (κ3) is 4.91. The molecule has 0 bridgehead atoms. The van der Waals surface area contributed by atoms with E-state index in [1.54, 1.807) is 0 Å². The minimum atomic E-state index is -0.436. The number of fused-ring (bicyclic) bond motifs is 2.